The molecule has 0 saturated carbocycles. The molecule has 0 fully saturated rings. The van der Waals surface area contributed by atoms with E-state index >= 15 is 0 Å². The van der Waals surface area contributed by atoms with E-state index in [9.17, 15) is 0 Å². The first kappa shape index (κ1) is 10.8. The minimum Gasteiger partial charge on any atom is -0.258 e. The maximum Gasteiger partial charge on any atom is 0.425 e. The van der Waals surface area contributed by atoms with Crippen LogP contribution in [0.25, 0.3) is 0 Å². The predicted molar refractivity (Wildman–Crippen MR) is 43.4 cm³/mol. The Hall–Kier alpha value is -1.23. The van der Waals surface area contributed by atoms with Crippen LogP contribution in [0, 0.1) is 13.8 Å². The SMILES string of the molecule is Cc1cccc(C)n1.O=S(=O)=O. The van der Waals surface area contributed by atoms with Crippen LogP contribution in [0.3, 0.4) is 0 Å². The summed E-state index contributed by atoms with van der Waals surface area (Å²) in [7, 11) is -3.11. The van der Waals surface area contributed by atoms with Crippen LogP contribution in [0.2, 0.25) is 0 Å². The molecule has 1 heterocycles. The molecule has 0 atom stereocenters. The molecular formula is C7H9NO3S. The highest BCUT2D eigenvalue weighted by Crippen LogP contribution is 1.93. The zero-order valence-corrected chi connectivity index (χ0v) is 7.63. The van der Waals surface area contributed by atoms with Crippen molar-refractivity contribution in [2.45, 2.75) is 13.8 Å². The Bertz CT molecular complexity index is 320. The van der Waals surface area contributed by atoms with Gasteiger partial charge in [-0.1, -0.05) is 6.07 Å². The fourth-order valence-electron chi connectivity index (χ4n) is 0.679. The van der Waals surface area contributed by atoms with E-state index in [1.165, 1.54) is 0 Å². The molecule has 4 nitrogen and oxygen atoms in total. The van der Waals surface area contributed by atoms with E-state index in [1.54, 1.807) is 0 Å². The van der Waals surface area contributed by atoms with Crippen LogP contribution >= 0.6 is 0 Å². The van der Waals surface area contributed by atoms with Crippen LogP contribution < -0.4 is 0 Å². The number of hydrogen-bond acceptors (Lipinski definition) is 4. The van der Waals surface area contributed by atoms with Crippen LogP contribution in [0.5, 0.6) is 0 Å². The summed E-state index contributed by atoms with van der Waals surface area (Å²) < 4.78 is 25.3. The maximum atomic E-state index is 8.44. The van der Waals surface area contributed by atoms with Gasteiger partial charge in [0.1, 0.15) is 0 Å². The summed E-state index contributed by atoms with van der Waals surface area (Å²) in [5, 5.41) is 0. The van der Waals surface area contributed by atoms with Gasteiger partial charge in [0, 0.05) is 11.4 Å². The van der Waals surface area contributed by atoms with Gasteiger partial charge in [0.25, 0.3) is 0 Å². The number of aryl methyl sites for hydroxylation is 2. The van der Waals surface area contributed by atoms with Crippen molar-refractivity contribution in [1.82, 2.24) is 4.98 Å². The molecule has 0 aliphatic rings. The topological polar surface area (TPSA) is 64.1 Å². The summed E-state index contributed by atoms with van der Waals surface area (Å²) in [6.07, 6.45) is 0. The Labute approximate surface area is 72.3 Å². The van der Waals surface area contributed by atoms with Crippen molar-refractivity contribution in [2.24, 2.45) is 0 Å². The fraction of sp³-hybridized carbons (Fsp3) is 0.286. The zero-order chi connectivity index (χ0) is 9.56. The molecule has 0 bridgehead atoms. The Kier molecular flexibility index (Phi) is 4.87. The van der Waals surface area contributed by atoms with Crippen molar-refractivity contribution in [2.75, 3.05) is 0 Å². The van der Waals surface area contributed by atoms with Gasteiger partial charge in [-0.15, -0.1) is 12.6 Å². The first-order valence-corrected chi connectivity index (χ1v) is 4.19. The number of pyridine rings is 1. The van der Waals surface area contributed by atoms with Gasteiger partial charge < -0.3 is 0 Å². The minimum absolute atomic E-state index is 1.09. The van der Waals surface area contributed by atoms with Crippen molar-refractivity contribution in [1.29, 1.82) is 0 Å². The van der Waals surface area contributed by atoms with Crippen LogP contribution in [0.1, 0.15) is 11.4 Å². The van der Waals surface area contributed by atoms with Crippen LogP contribution in [0.15, 0.2) is 18.2 Å². The molecule has 12 heavy (non-hydrogen) atoms. The molecule has 66 valence electrons. The van der Waals surface area contributed by atoms with Gasteiger partial charge >= 0.3 is 10.6 Å². The van der Waals surface area contributed by atoms with E-state index in [4.69, 9.17) is 12.6 Å². The normalized spacial score (nSPS) is 8.17. The molecule has 0 radical (unpaired) electrons. The summed E-state index contributed by atoms with van der Waals surface area (Å²) in [5.74, 6) is 0. The number of aromatic nitrogens is 1. The Morgan fingerprint density at radius 1 is 1.08 bits per heavy atom. The smallest absolute Gasteiger partial charge is 0.258 e. The third-order valence-electron chi connectivity index (χ3n) is 1.03. The molecule has 0 spiro atoms. The highest BCUT2D eigenvalue weighted by atomic mass is 32.2. The molecule has 0 aliphatic heterocycles. The minimum atomic E-state index is -3.11. The van der Waals surface area contributed by atoms with E-state index in [0.717, 1.165) is 11.4 Å². The van der Waals surface area contributed by atoms with Gasteiger partial charge in [-0.3, -0.25) is 4.98 Å². The van der Waals surface area contributed by atoms with Crippen molar-refractivity contribution in [3.8, 4) is 0 Å². The van der Waals surface area contributed by atoms with E-state index in [1.807, 2.05) is 32.0 Å². The molecular weight excluding hydrogens is 178 g/mol. The molecule has 1 aromatic rings. The van der Waals surface area contributed by atoms with E-state index in [0.29, 0.717) is 0 Å². The number of hydrogen-bond donors (Lipinski definition) is 0. The van der Waals surface area contributed by atoms with Gasteiger partial charge in [-0.05, 0) is 26.0 Å². The number of rotatable bonds is 0. The highest BCUT2D eigenvalue weighted by molar-refractivity contribution is 7.59. The Morgan fingerprint density at radius 2 is 1.42 bits per heavy atom. The Balaban J connectivity index is 0.000000261. The molecule has 0 saturated heterocycles. The summed E-state index contributed by atoms with van der Waals surface area (Å²) in [6, 6.07) is 6.00. The van der Waals surface area contributed by atoms with Crippen molar-refractivity contribution in [3.63, 3.8) is 0 Å². The molecule has 0 aromatic carbocycles. The molecule has 5 heteroatoms. The lowest BCUT2D eigenvalue weighted by Crippen LogP contribution is -1.81. The van der Waals surface area contributed by atoms with Crippen molar-refractivity contribution in [3.05, 3.63) is 29.6 Å². The van der Waals surface area contributed by atoms with E-state index in [-0.39, 0.29) is 0 Å². The fourth-order valence-corrected chi connectivity index (χ4v) is 0.679. The monoisotopic (exact) mass is 187 g/mol. The van der Waals surface area contributed by atoms with E-state index < -0.39 is 10.6 Å². The van der Waals surface area contributed by atoms with Gasteiger partial charge in [0.05, 0.1) is 0 Å². The van der Waals surface area contributed by atoms with Gasteiger partial charge in [-0.2, -0.15) is 0 Å². The van der Waals surface area contributed by atoms with Crippen molar-refractivity contribution >= 4 is 10.6 Å². The summed E-state index contributed by atoms with van der Waals surface area (Å²) in [5.41, 5.74) is 2.18. The highest BCUT2D eigenvalue weighted by Gasteiger charge is 1.82. The molecule has 0 N–H and O–H groups in total. The number of nitrogens with zero attached hydrogens (tertiary/aromatic N) is 1. The maximum absolute atomic E-state index is 8.44. The van der Waals surface area contributed by atoms with Crippen LogP contribution in [-0.4, -0.2) is 17.6 Å². The largest absolute Gasteiger partial charge is 0.425 e. The third-order valence-corrected chi connectivity index (χ3v) is 1.03. The third kappa shape index (κ3) is 6.88. The van der Waals surface area contributed by atoms with Gasteiger partial charge in [-0.25, -0.2) is 0 Å². The second kappa shape index (κ2) is 5.42. The predicted octanol–water partition coefficient (Wildman–Crippen LogP) is 0.694. The summed E-state index contributed by atoms with van der Waals surface area (Å²) >= 11 is 0. The molecule has 0 amide bonds. The summed E-state index contributed by atoms with van der Waals surface area (Å²) in [4.78, 5) is 4.17. The quantitative estimate of drug-likeness (QED) is 0.599. The lowest BCUT2D eigenvalue weighted by atomic mass is 10.3. The first-order chi connectivity index (χ1) is 5.52. The summed E-state index contributed by atoms with van der Waals surface area (Å²) in [6.45, 7) is 3.99. The average molecular weight is 187 g/mol. The molecule has 0 unspecified atom stereocenters. The molecule has 1 rings (SSSR count). The second-order valence-electron chi connectivity index (χ2n) is 2.12. The first-order valence-electron chi connectivity index (χ1n) is 3.19. The van der Waals surface area contributed by atoms with E-state index in [2.05, 4.69) is 4.98 Å². The second-order valence-corrected chi connectivity index (χ2v) is 2.53. The molecule has 0 aliphatic carbocycles. The van der Waals surface area contributed by atoms with Crippen LogP contribution in [0.4, 0.5) is 0 Å². The Morgan fingerprint density at radius 3 is 1.58 bits per heavy atom. The van der Waals surface area contributed by atoms with Crippen LogP contribution in [-0.2, 0) is 10.6 Å². The average Bonchev–Trinajstić information content (AvgIpc) is 1.84. The molecule has 1 aromatic heterocycles. The van der Waals surface area contributed by atoms with Gasteiger partial charge in [0.15, 0.2) is 0 Å². The standard InChI is InChI=1S/C7H9N.O3S/c1-6-4-3-5-7(2)8-6;1-4(2)3/h3-5H,1-2H3;. The lowest BCUT2D eigenvalue weighted by molar-refractivity contribution is 0.559. The zero-order valence-electron chi connectivity index (χ0n) is 6.81. The van der Waals surface area contributed by atoms with Gasteiger partial charge in [0.2, 0.25) is 0 Å². The van der Waals surface area contributed by atoms with Crippen molar-refractivity contribution < 1.29 is 12.6 Å². The lowest BCUT2D eigenvalue weighted by Gasteiger charge is -1.90.